The summed E-state index contributed by atoms with van der Waals surface area (Å²) >= 11 is 0. The average molecular weight is 425 g/mol. The molecule has 6 nitrogen and oxygen atoms in total. The van der Waals surface area contributed by atoms with Crippen molar-refractivity contribution in [3.63, 3.8) is 0 Å². The van der Waals surface area contributed by atoms with Crippen molar-refractivity contribution in [2.75, 3.05) is 46.1 Å². The van der Waals surface area contributed by atoms with Crippen molar-refractivity contribution < 1.29 is 19.0 Å². The highest BCUT2D eigenvalue weighted by molar-refractivity contribution is 5.79. The summed E-state index contributed by atoms with van der Waals surface area (Å²) in [6, 6.07) is 12.4. The summed E-state index contributed by atoms with van der Waals surface area (Å²) in [5, 5.41) is 0. The van der Waals surface area contributed by atoms with E-state index in [0.717, 1.165) is 45.6 Å². The molecule has 31 heavy (non-hydrogen) atoms. The van der Waals surface area contributed by atoms with E-state index < -0.39 is 0 Å². The van der Waals surface area contributed by atoms with Gasteiger partial charge in [-0.15, -0.1) is 0 Å². The number of ether oxygens (including phenoxy) is 3. The first-order chi connectivity index (χ1) is 15.3. The second kappa shape index (κ2) is 11.3. The number of carbonyl (C=O) groups excluding carboxylic acids is 1. The smallest absolute Gasteiger partial charge is 0.214 e. The van der Waals surface area contributed by atoms with Crippen LogP contribution in [0.1, 0.15) is 47.5 Å². The Bertz CT molecular complexity index is 824. The Hall–Kier alpha value is -2.44. The van der Waals surface area contributed by atoms with Gasteiger partial charge in [0.2, 0.25) is 5.88 Å². The second-order valence-corrected chi connectivity index (χ2v) is 8.35. The van der Waals surface area contributed by atoms with Gasteiger partial charge in [0.1, 0.15) is 12.4 Å². The van der Waals surface area contributed by atoms with Gasteiger partial charge in [0.25, 0.3) is 0 Å². The van der Waals surface area contributed by atoms with Gasteiger partial charge in [0, 0.05) is 25.7 Å². The number of hydrogen-bond acceptors (Lipinski definition) is 6. The molecule has 1 saturated heterocycles. The molecule has 6 heteroatoms. The average Bonchev–Trinajstić information content (AvgIpc) is 2.84. The van der Waals surface area contributed by atoms with Crippen LogP contribution in [0.3, 0.4) is 0 Å². The van der Waals surface area contributed by atoms with Crippen LogP contribution in [0.4, 0.5) is 0 Å². The fourth-order valence-electron chi connectivity index (χ4n) is 4.58. The van der Waals surface area contributed by atoms with Gasteiger partial charge >= 0.3 is 0 Å². The van der Waals surface area contributed by atoms with E-state index in [-0.39, 0.29) is 0 Å². The van der Waals surface area contributed by atoms with Gasteiger partial charge in [0.05, 0.1) is 31.6 Å². The lowest BCUT2D eigenvalue weighted by Gasteiger charge is -2.32. The first-order valence-electron chi connectivity index (χ1n) is 11.4. The predicted molar refractivity (Wildman–Crippen MR) is 119 cm³/mol. The van der Waals surface area contributed by atoms with Crippen LogP contribution in [0.5, 0.6) is 11.6 Å². The van der Waals surface area contributed by atoms with Crippen molar-refractivity contribution in [1.29, 1.82) is 0 Å². The Morgan fingerprint density at radius 3 is 2.71 bits per heavy atom. The summed E-state index contributed by atoms with van der Waals surface area (Å²) in [6.45, 7) is 5.34. The minimum absolute atomic E-state index is 0.445. The molecule has 1 aliphatic carbocycles. The van der Waals surface area contributed by atoms with Gasteiger partial charge in [-0.25, -0.2) is 4.98 Å². The van der Waals surface area contributed by atoms with E-state index in [1.54, 1.807) is 12.3 Å². The molecular weight excluding hydrogens is 392 g/mol. The molecule has 1 saturated carbocycles. The van der Waals surface area contributed by atoms with Crippen LogP contribution in [0.15, 0.2) is 42.6 Å². The molecule has 2 atom stereocenters. The van der Waals surface area contributed by atoms with Crippen LogP contribution in [-0.4, -0.2) is 62.2 Å². The van der Waals surface area contributed by atoms with Crippen molar-refractivity contribution in [3.05, 3.63) is 53.7 Å². The standard InChI is InChI=1S/C25H32N2O4/c28-18-22-16-25(30-15-12-27-10-13-29-14-11-27)26-17-24(22)31-19-21-8-4-5-9-23(21)20-6-2-1-3-7-20/h1-3,6-7,16-18,21,23H,4-5,8-15,19H2. The molecule has 2 fully saturated rings. The topological polar surface area (TPSA) is 60.9 Å². The summed E-state index contributed by atoms with van der Waals surface area (Å²) in [5.74, 6) is 1.95. The molecule has 2 heterocycles. The fraction of sp³-hybridized carbons (Fsp3) is 0.520. The lowest BCUT2D eigenvalue weighted by atomic mass is 9.76. The summed E-state index contributed by atoms with van der Waals surface area (Å²) in [5.41, 5.74) is 1.87. The Kier molecular flexibility index (Phi) is 7.91. The third kappa shape index (κ3) is 6.05. The van der Waals surface area contributed by atoms with Crippen molar-refractivity contribution in [2.24, 2.45) is 5.92 Å². The molecule has 1 aliphatic heterocycles. The fourth-order valence-corrected chi connectivity index (χ4v) is 4.58. The van der Waals surface area contributed by atoms with Crippen LogP contribution < -0.4 is 9.47 Å². The Balaban J connectivity index is 1.32. The molecule has 0 N–H and O–H groups in total. The van der Waals surface area contributed by atoms with Gasteiger partial charge in [0.15, 0.2) is 6.29 Å². The number of rotatable bonds is 9. The molecule has 1 aromatic carbocycles. The van der Waals surface area contributed by atoms with Crippen LogP contribution >= 0.6 is 0 Å². The second-order valence-electron chi connectivity index (χ2n) is 8.35. The van der Waals surface area contributed by atoms with Crippen molar-refractivity contribution in [1.82, 2.24) is 9.88 Å². The Morgan fingerprint density at radius 2 is 1.90 bits per heavy atom. The Morgan fingerprint density at radius 1 is 1.10 bits per heavy atom. The van der Waals surface area contributed by atoms with Crippen molar-refractivity contribution in [2.45, 2.75) is 31.6 Å². The van der Waals surface area contributed by atoms with Gasteiger partial charge in [-0.2, -0.15) is 0 Å². The zero-order valence-corrected chi connectivity index (χ0v) is 18.1. The molecule has 2 aromatic rings. The molecule has 0 spiro atoms. The maximum atomic E-state index is 11.7. The molecule has 4 rings (SSSR count). The number of hydrogen-bond donors (Lipinski definition) is 0. The Labute approximate surface area is 184 Å². The highest BCUT2D eigenvalue weighted by atomic mass is 16.5. The third-order valence-electron chi connectivity index (χ3n) is 6.35. The summed E-state index contributed by atoms with van der Waals surface area (Å²) < 4.78 is 17.2. The molecular formula is C25H32N2O4. The lowest BCUT2D eigenvalue weighted by molar-refractivity contribution is 0.0320. The highest BCUT2D eigenvalue weighted by Gasteiger charge is 2.27. The van der Waals surface area contributed by atoms with Crippen LogP contribution in [0, 0.1) is 5.92 Å². The maximum Gasteiger partial charge on any atom is 0.214 e. The van der Waals surface area contributed by atoms with Gasteiger partial charge in [-0.3, -0.25) is 9.69 Å². The largest absolute Gasteiger partial charge is 0.491 e. The van der Waals surface area contributed by atoms with E-state index in [9.17, 15) is 4.79 Å². The van der Waals surface area contributed by atoms with Crippen molar-refractivity contribution in [3.8, 4) is 11.6 Å². The summed E-state index contributed by atoms with van der Waals surface area (Å²) in [4.78, 5) is 18.3. The number of aromatic nitrogens is 1. The molecule has 2 unspecified atom stereocenters. The van der Waals surface area contributed by atoms with Crippen LogP contribution in [0.25, 0.3) is 0 Å². The molecule has 166 valence electrons. The minimum atomic E-state index is 0.445. The SMILES string of the molecule is O=Cc1cc(OCCN2CCOCC2)ncc1OCC1CCCCC1c1ccccc1. The van der Waals surface area contributed by atoms with Gasteiger partial charge in [-0.05, 0) is 30.2 Å². The van der Waals surface area contributed by atoms with Crippen LogP contribution in [0.2, 0.25) is 0 Å². The highest BCUT2D eigenvalue weighted by Crippen LogP contribution is 2.38. The monoisotopic (exact) mass is 424 g/mol. The number of carbonyl (C=O) groups is 1. The first kappa shape index (κ1) is 21.8. The number of aldehydes is 1. The third-order valence-corrected chi connectivity index (χ3v) is 6.35. The van der Waals surface area contributed by atoms with E-state index in [0.29, 0.717) is 42.2 Å². The summed E-state index contributed by atoms with van der Waals surface area (Å²) in [6.07, 6.45) is 7.26. The van der Waals surface area contributed by atoms with E-state index >= 15 is 0 Å². The number of benzene rings is 1. The van der Waals surface area contributed by atoms with E-state index in [1.807, 2.05) is 0 Å². The van der Waals surface area contributed by atoms with Gasteiger partial charge in [-0.1, -0.05) is 43.2 Å². The zero-order valence-electron chi connectivity index (χ0n) is 18.1. The van der Waals surface area contributed by atoms with Gasteiger partial charge < -0.3 is 14.2 Å². The number of pyridine rings is 1. The first-order valence-corrected chi connectivity index (χ1v) is 11.4. The quantitative estimate of drug-likeness (QED) is 0.568. The molecule has 2 aliphatic rings. The predicted octanol–water partition coefficient (Wildman–Crippen LogP) is 3.96. The molecule has 0 bridgehead atoms. The lowest BCUT2D eigenvalue weighted by Crippen LogP contribution is -2.38. The number of morpholine rings is 1. The van der Waals surface area contributed by atoms with E-state index in [2.05, 4.69) is 40.2 Å². The summed E-state index contributed by atoms with van der Waals surface area (Å²) in [7, 11) is 0. The maximum absolute atomic E-state index is 11.7. The van der Waals surface area contributed by atoms with E-state index in [4.69, 9.17) is 14.2 Å². The molecule has 1 aromatic heterocycles. The van der Waals surface area contributed by atoms with Crippen molar-refractivity contribution >= 4 is 6.29 Å². The number of nitrogens with zero attached hydrogens (tertiary/aromatic N) is 2. The normalized spacial score (nSPS) is 22.1. The minimum Gasteiger partial charge on any atom is -0.491 e. The molecule has 0 amide bonds. The van der Waals surface area contributed by atoms with Crippen LogP contribution in [-0.2, 0) is 4.74 Å². The zero-order chi connectivity index (χ0) is 21.3. The van der Waals surface area contributed by atoms with E-state index in [1.165, 1.54) is 24.8 Å². The molecule has 0 radical (unpaired) electrons.